The minimum absolute atomic E-state index is 0.237. The van der Waals surface area contributed by atoms with Crippen LogP contribution in [0.5, 0.6) is 11.5 Å². The van der Waals surface area contributed by atoms with E-state index in [0.29, 0.717) is 12.4 Å². The van der Waals surface area contributed by atoms with Gasteiger partial charge >= 0.3 is 0 Å². The minimum atomic E-state index is -2.29. The Morgan fingerprint density at radius 3 is 2.62 bits per heavy atom. The van der Waals surface area contributed by atoms with Crippen molar-refractivity contribution >= 4 is 7.32 Å². The van der Waals surface area contributed by atoms with Crippen LogP contribution in [0.1, 0.15) is 6.92 Å². The van der Waals surface area contributed by atoms with Gasteiger partial charge in [0.15, 0.2) is 0 Å². The van der Waals surface area contributed by atoms with Gasteiger partial charge in [-0.1, -0.05) is 6.07 Å². The molecule has 1 aromatic carbocycles. The average Bonchev–Trinajstić information content (AvgIpc) is 2.04. The minimum Gasteiger partial charge on any atom is -0.860 e. The largest absolute Gasteiger partial charge is 0.860 e. The molecule has 4 nitrogen and oxygen atoms in total. The van der Waals surface area contributed by atoms with E-state index in [4.69, 9.17) is 4.74 Å². The molecule has 0 aliphatic rings. The Kier molecular flexibility index (Phi) is 3.61. The highest BCUT2D eigenvalue weighted by molar-refractivity contribution is 6.29. The van der Waals surface area contributed by atoms with Gasteiger partial charge < -0.3 is 19.4 Å². The van der Waals surface area contributed by atoms with Crippen LogP contribution in [-0.2, 0) is 0 Å². The van der Waals surface area contributed by atoms with Crippen LogP contribution in [0.2, 0.25) is 0 Å². The van der Waals surface area contributed by atoms with Gasteiger partial charge in [0.2, 0.25) is 0 Å². The van der Waals surface area contributed by atoms with Gasteiger partial charge in [0.25, 0.3) is 0 Å². The Morgan fingerprint density at radius 2 is 2.00 bits per heavy atom. The zero-order valence-corrected chi connectivity index (χ0v) is 7.23. The Balaban J connectivity index is 2.67. The van der Waals surface area contributed by atoms with E-state index in [0.717, 1.165) is 0 Å². The standard InChI is InChI=1S/C8H9BO4/c1-2-12-7-4-3-5-8(6-7)13-9(10)11/h3-6H,2H2,1H3/q-2. The van der Waals surface area contributed by atoms with Crippen molar-refractivity contribution < 1.29 is 19.4 Å². The molecule has 0 unspecified atom stereocenters. The molecule has 0 fully saturated rings. The molecule has 5 heteroatoms. The van der Waals surface area contributed by atoms with E-state index in [2.05, 4.69) is 4.65 Å². The summed E-state index contributed by atoms with van der Waals surface area (Å²) in [7, 11) is -2.29. The van der Waals surface area contributed by atoms with Gasteiger partial charge in [-0.25, -0.2) is 0 Å². The van der Waals surface area contributed by atoms with Crippen molar-refractivity contribution in [2.75, 3.05) is 6.61 Å². The van der Waals surface area contributed by atoms with Gasteiger partial charge in [0.1, 0.15) is 13.1 Å². The van der Waals surface area contributed by atoms with Crippen molar-refractivity contribution in [3.63, 3.8) is 0 Å². The van der Waals surface area contributed by atoms with Crippen LogP contribution < -0.4 is 19.4 Å². The third kappa shape index (κ3) is 3.35. The molecule has 0 aliphatic heterocycles. The summed E-state index contributed by atoms with van der Waals surface area (Å²) in [6.07, 6.45) is 0. The first-order valence-electron chi connectivity index (χ1n) is 3.93. The predicted molar refractivity (Wildman–Crippen MR) is 44.0 cm³/mol. The van der Waals surface area contributed by atoms with Crippen LogP contribution >= 0.6 is 0 Å². The van der Waals surface area contributed by atoms with E-state index in [1.165, 1.54) is 12.1 Å². The van der Waals surface area contributed by atoms with E-state index in [9.17, 15) is 10.0 Å². The fourth-order valence-electron chi connectivity index (χ4n) is 0.915. The molecule has 0 amide bonds. The molecule has 0 bridgehead atoms. The molecule has 13 heavy (non-hydrogen) atoms. The second kappa shape index (κ2) is 4.74. The molecule has 0 saturated heterocycles. The molecule has 1 rings (SSSR count). The summed E-state index contributed by atoms with van der Waals surface area (Å²) in [5.74, 6) is 0.821. The zero-order chi connectivity index (χ0) is 9.68. The van der Waals surface area contributed by atoms with Crippen LogP contribution in [-0.4, -0.2) is 13.9 Å². The lowest BCUT2D eigenvalue weighted by molar-refractivity contribution is -0.372. The molecule has 70 valence electrons. The Hall–Kier alpha value is -1.20. The molecule has 0 N–H and O–H groups in total. The van der Waals surface area contributed by atoms with Crippen molar-refractivity contribution in [1.82, 2.24) is 0 Å². The topological polar surface area (TPSA) is 64.6 Å². The summed E-state index contributed by atoms with van der Waals surface area (Å²) in [5, 5.41) is 20.3. The van der Waals surface area contributed by atoms with Crippen LogP contribution in [0.4, 0.5) is 0 Å². The third-order valence-corrected chi connectivity index (χ3v) is 1.35. The Labute approximate surface area is 76.9 Å². The number of ether oxygens (including phenoxy) is 1. The summed E-state index contributed by atoms with van der Waals surface area (Å²) < 4.78 is 9.55. The first-order valence-corrected chi connectivity index (χ1v) is 3.93. The maximum atomic E-state index is 10.1. The lowest BCUT2D eigenvalue weighted by Gasteiger charge is -2.26. The van der Waals surface area contributed by atoms with E-state index in [-0.39, 0.29) is 5.75 Å². The van der Waals surface area contributed by atoms with Crippen molar-refractivity contribution in [3.05, 3.63) is 24.3 Å². The number of benzene rings is 1. The molecule has 1 aromatic rings. The zero-order valence-electron chi connectivity index (χ0n) is 7.23. The van der Waals surface area contributed by atoms with Gasteiger partial charge in [0, 0.05) is 6.07 Å². The molecular formula is C8H9BO4-2. The summed E-state index contributed by atoms with van der Waals surface area (Å²) in [4.78, 5) is 0. The van der Waals surface area contributed by atoms with E-state index >= 15 is 0 Å². The second-order valence-electron chi connectivity index (χ2n) is 2.31. The highest BCUT2D eigenvalue weighted by atomic mass is 16.6. The van der Waals surface area contributed by atoms with E-state index in [1.54, 1.807) is 12.1 Å². The van der Waals surface area contributed by atoms with Crippen molar-refractivity contribution in [2.45, 2.75) is 6.92 Å². The quantitative estimate of drug-likeness (QED) is 0.567. The fourth-order valence-corrected chi connectivity index (χ4v) is 0.915. The normalized spacial score (nSPS) is 9.46. The third-order valence-electron chi connectivity index (χ3n) is 1.35. The summed E-state index contributed by atoms with van der Waals surface area (Å²) >= 11 is 0. The first kappa shape index (κ1) is 9.89. The second-order valence-corrected chi connectivity index (χ2v) is 2.31. The smallest absolute Gasteiger partial charge is 0.133 e. The van der Waals surface area contributed by atoms with Gasteiger partial charge in [0.05, 0.1) is 12.4 Å². The fraction of sp³-hybridized carbons (Fsp3) is 0.250. The highest BCUT2D eigenvalue weighted by Crippen LogP contribution is 2.18. The Morgan fingerprint density at radius 1 is 1.31 bits per heavy atom. The molecule has 0 aliphatic carbocycles. The Bertz CT molecular complexity index is 264. The van der Waals surface area contributed by atoms with Crippen LogP contribution in [0.25, 0.3) is 0 Å². The van der Waals surface area contributed by atoms with Crippen LogP contribution in [0, 0.1) is 0 Å². The predicted octanol–water partition coefficient (Wildman–Crippen LogP) is -0.830. The monoisotopic (exact) mass is 180 g/mol. The van der Waals surface area contributed by atoms with Gasteiger partial charge in [-0.2, -0.15) is 0 Å². The van der Waals surface area contributed by atoms with Crippen LogP contribution in [0.15, 0.2) is 24.3 Å². The summed E-state index contributed by atoms with van der Waals surface area (Å²) in [6.45, 7) is 2.37. The SMILES string of the molecule is CCOc1cccc(OB([O-])[O-])c1. The number of hydrogen-bond acceptors (Lipinski definition) is 4. The van der Waals surface area contributed by atoms with Gasteiger partial charge in [-0.05, 0) is 19.1 Å². The van der Waals surface area contributed by atoms with Crippen molar-refractivity contribution in [2.24, 2.45) is 0 Å². The van der Waals surface area contributed by atoms with E-state index in [1.807, 2.05) is 6.92 Å². The number of hydrogen-bond donors (Lipinski definition) is 0. The van der Waals surface area contributed by atoms with Gasteiger partial charge in [-0.3, -0.25) is 0 Å². The number of rotatable bonds is 4. The highest BCUT2D eigenvalue weighted by Gasteiger charge is 1.94. The lowest BCUT2D eigenvalue weighted by atomic mass is 10.2. The molecule has 0 atom stereocenters. The lowest BCUT2D eigenvalue weighted by Crippen LogP contribution is -2.50. The maximum absolute atomic E-state index is 10.1. The van der Waals surface area contributed by atoms with Crippen LogP contribution in [0.3, 0.4) is 0 Å². The summed E-state index contributed by atoms with van der Waals surface area (Å²) in [5.41, 5.74) is 0. The molecule has 0 saturated carbocycles. The molecule has 0 heterocycles. The average molecular weight is 180 g/mol. The maximum Gasteiger partial charge on any atom is 0.133 e. The van der Waals surface area contributed by atoms with Gasteiger partial charge in [-0.15, -0.1) is 0 Å². The van der Waals surface area contributed by atoms with Crippen molar-refractivity contribution in [3.8, 4) is 11.5 Å². The first-order chi connectivity index (χ1) is 6.22. The van der Waals surface area contributed by atoms with Crippen molar-refractivity contribution in [1.29, 1.82) is 0 Å². The molecule has 0 spiro atoms. The summed E-state index contributed by atoms with van der Waals surface area (Å²) in [6, 6.07) is 6.42. The molecular weight excluding hydrogens is 171 g/mol. The molecule has 0 aromatic heterocycles. The molecule has 0 radical (unpaired) electrons. The van der Waals surface area contributed by atoms with E-state index < -0.39 is 7.32 Å².